The number of hydrogen-bond donors (Lipinski definition) is 2. The Balaban J connectivity index is 1.94. The Morgan fingerprint density at radius 1 is 1.00 bits per heavy atom. The van der Waals surface area contributed by atoms with E-state index in [9.17, 15) is 13.2 Å². The second kappa shape index (κ2) is 6.52. The van der Waals surface area contributed by atoms with Gasteiger partial charge in [0.15, 0.2) is 0 Å². The lowest BCUT2D eigenvalue weighted by Gasteiger charge is -2.10. The third-order valence-electron chi connectivity index (χ3n) is 3.59. The second-order valence-corrected chi connectivity index (χ2v) is 7.42. The van der Waals surface area contributed by atoms with E-state index >= 15 is 0 Å². The average Bonchev–Trinajstić information content (AvgIpc) is 2.54. The van der Waals surface area contributed by atoms with Gasteiger partial charge in [0, 0.05) is 23.0 Å². The number of aryl methyl sites for hydroxylation is 2. The van der Waals surface area contributed by atoms with Gasteiger partial charge in [0.1, 0.15) is 5.82 Å². The van der Waals surface area contributed by atoms with E-state index in [0.717, 1.165) is 5.56 Å². The monoisotopic (exact) mass is 355 g/mol. The summed E-state index contributed by atoms with van der Waals surface area (Å²) in [6.45, 7) is 3.62. The van der Waals surface area contributed by atoms with E-state index in [4.69, 9.17) is 0 Å². The van der Waals surface area contributed by atoms with Gasteiger partial charge >= 0.3 is 0 Å². The number of aromatic nitrogens is 2. The topological polar surface area (TPSA) is 91.9 Å². The van der Waals surface area contributed by atoms with E-state index < -0.39 is 10.0 Å². The van der Waals surface area contributed by atoms with Crippen LogP contribution in [0.15, 0.2) is 64.3 Å². The lowest BCUT2D eigenvalue weighted by atomic mass is 10.2. The highest BCUT2D eigenvalue weighted by Crippen LogP contribution is 2.21. The van der Waals surface area contributed by atoms with Crippen LogP contribution < -0.4 is 10.3 Å². The first-order chi connectivity index (χ1) is 11.8. The van der Waals surface area contributed by atoms with Gasteiger partial charge in [-0.3, -0.25) is 9.52 Å². The van der Waals surface area contributed by atoms with Crippen molar-refractivity contribution in [2.75, 3.05) is 4.72 Å². The van der Waals surface area contributed by atoms with Crippen molar-refractivity contribution in [3.63, 3.8) is 0 Å². The smallest absolute Gasteiger partial charge is 0.261 e. The average molecular weight is 355 g/mol. The number of anilines is 1. The highest BCUT2D eigenvalue weighted by Gasteiger charge is 2.14. The molecule has 1 aromatic heterocycles. The molecule has 3 aromatic rings. The first kappa shape index (κ1) is 16.9. The Morgan fingerprint density at radius 3 is 2.40 bits per heavy atom. The molecule has 0 aliphatic carbocycles. The van der Waals surface area contributed by atoms with Crippen LogP contribution in [0.25, 0.3) is 11.4 Å². The van der Waals surface area contributed by atoms with Gasteiger partial charge in [-0.2, -0.15) is 0 Å². The van der Waals surface area contributed by atoms with Crippen molar-refractivity contribution in [1.29, 1.82) is 0 Å². The number of hydrogen-bond acceptors (Lipinski definition) is 4. The number of aromatic amines is 1. The molecule has 0 bridgehead atoms. The van der Waals surface area contributed by atoms with Gasteiger partial charge in [-0.25, -0.2) is 13.4 Å². The molecular formula is C18H17N3O3S. The van der Waals surface area contributed by atoms with Crippen molar-refractivity contribution in [3.05, 3.63) is 76.2 Å². The van der Waals surface area contributed by atoms with E-state index in [-0.39, 0.29) is 10.5 Å². The van der Waals surface area contributed by atoms with E-state index in [1.54, 1.807) is 55.5 Å². The lowest BCUT2D eigenvalue weighted by Crippen LogP contribution is -2.13. The zero-order valence-corrected chi connectivity index (χ0v) is 14.6. The van der Waals surface area contributed by atoms with Crippen molar-refractivity contribution in [1.82, 2.24) is 9.97 Å². The minimum Gasteiger partial charge on any atom is -0.307 e. The van der Waals surface area contributed by atoms with E-state index in [1.807, 2.05) is 6.92 Å². The van der Waals surface area contributed by atoms with Crippen molar-refractivity contribution in [3.8, 4) is 11.4 Å². The summed E-state index contributed by atoms with van der Waals surface area (Å²) in [6, 6.07) is 14.7. The van der Waals surface area contributed by atoms with Gasteiger partial charge in [0.25, 0.3) is 15.6 Å². The Labute approximate surface area is 145 Å². The Kier molecular flexibility index (Phi) is 4.41. The van der Waals surface area contributed by atoms with Crippen LogP contribution in [0.4, 0.5) is 5.69 Å². The van der Waals surface area contributed by atoms with Crippen LogP contribution in [-0.2, 0) is 10.0 Å². The third-order valence-corrected chi connectivity index (χ3v) is 4.99. The molecule has 0 atom stereocenters. The number of sulfonamides is 1. The number of rotatable bonds is 4. The summed E-state index contributed by atoms with van der Waals surface area (Å²) in [5, 5.41) is 0. The molecule has 0 saturated carbocycles. The summed E-state index contributed by atoms with van der Waals surface area (Å²) in [6.07, 6.45) is 0. The summed E-state index contributed by atoms with van der Waals surface area (Å²) >= 11 is 0. The van der Waals surface area contributed by atoms with E-state index in [1.165, 1.54) is 6.07 Å². The van der Waals surface area contributed by atoms with E-state index in [2.05, 4.69) is 14.7 Å². The van der Waals surface area contributed by atoms with Gasteiger partial charge in [0.2, 0.25) is 0 Å². The fourth-order valence-electron chi connectivity index (χ4n) is 2.38. The van der Waals surface area contributed by atoms with Gasteiger partial charge < -0.3 is 4.98 Å². The molecule has 0 saturated heterocycles. The van der Waals surface area contributed by atoms with Gasteiger partial charge in [0.05, 0.1) is 4.90 Å². The first-order valence-corrected chi connectivity index (χ1v) is 9.10. The van der Waals surface area contributed by atoms with Gasteiger partial charge in [-0.05, 0) is 38.1 Å². The van der Waals surface area contributed by atoms with Crippen molar-refractivity contribution >= 4 is 15.7 Å². The molecule has 6 nitrogen and oxygen atoms in total. The van der Waals surface area contributed by atoms with Crippen molar-refractivity contribution < 1.29 is 8.42 Å². The standard InChI is InChI=1S/C18H17N3O3S/c1-12-6-8-16(9-7-12)25(23,24)21-15-5-3-4-14(11-15)18-19-13(2)10-17(22)20-18/h3-11,21H,1-2H3,(H,19,20,22). The zero-order chi connectivity index (χ0) is 18.0. The largest absolute Gasteiger partial charge is 0.307 e. The fraction of sp³-hybridized carbons (Fsp3) is 0.111. The SMILES string of the molecule is Cc1ccc(S(=O)(=O)Nc2cccc(-c3nc(C)cc(=O)[nH]3)c2)cc1. The summed E-state index contributed by atoms with van der Waals surface area (Å²) in [7, 11) is -3.69. The van der Waals surface area contributed by atoms with Crippen molar-refractivity contribution in [2.24, 2.45) is 0 Å². The highest BCUT2D eigenvalue weighted by molar-refractivity contribution is 7.92. The molecule has 2 aromatic carbocycles. The molecule has 0 spiro atoms. The number of benzene rings is 2. The van der Waals surface area contributed by atoms with Crippen LogP contribution in [0.3, 0.4) is 0 Å². The second-order valence-electron chi connectivity index (χ2n) is 5.73. The van der Waals surface area contributed by atoms with Crippen LogP contribution in [-0.4, -0.2) is 18.4 Å². The number of nitrogens with one attached hydrogen (secondary N) is 2. The molecule has 2 N–H and O–H groups in total. The Bertz CT molecular complexity index is 1070. The minimum atomic E-state index is -3.69. The summed E-state index contributed by atoms with van der Waals surface area (Å²) in [4.78, 5) is 18.7. The van der Waals surface area contributed by atoms with Gasteiger partial charge in [-0.1, -0.05) is 29.8 Å². The molecule has 7 heteroatoms. The van der Waals surface area contributed by atoms with Gasteiger partial charge in [-0.15, -0.1) is 0 Å². The molecule has 0 aliphatic rings. The minimum absolute atomic E-state index is 0.186. The molecule has 1 heterocycles. The van der Waals surface area contributed by atoms with Crippen LogP contribution in [0.1, 0.15) is 11.3 Å². The summed E-state index contributed by atoms with van der Waals surface area (Å²) < 4.78 is 27.5. The zero-order valence-electron chi connectivity index (χ0n) is 13.8. The fourth-order valence-corrected chi connectivity index (χ4v) is 3.43. The predicted molar refractivity (Wildman–Crippen MR) is 97.0 cm³/mol. The normalized spacial score (nSPS) is 11.3. The molecule has 0 aliphatic heterocycles. The van der Waals surface area contributed by atoms with Crippen LogP contribution >= 0.6 is 0 Å². The molecular weight excluding hydrogens is 338 g/mol. The lowest BCUT2D eigenvalue weighted by molar-refractivity contribution is 0.601. The summed E-state index contributed by atoms with van der Waals surface area (Å²) in [5.41, 5.74) is 2.32. The Morgan fingerprint density at radius 2 is 1.72 bits per heavy atom. The van der Waals surface area contributed by atoms with Crippen LogP contribution in [0.5, 0.6) is 0 Å². The molecule has 0 unspecified atom stereocenters. The third kappa shape index (κ3) is 3.95. The van der Waals surface area contributed by atoms with E-state index in [0.29, 0.717) is 22.8 Å². The van der Waals surface area contributed by atoms with Crippen LogP contribution in [0, 0.1) is 13.8 Å². The Hall–Kier alpha value is -2.93. The summed E-state index contributed by atoms with van der Waals surface area (Å²) in [5.74, 6) is 0.390. The number of nitrogens with zero attached hydrogens (tertiary/aromatic N) is 1. The molecule has 0 fully saturated rings. The highest BCUT2D eigenvalue weighted by atomic mass is 32.2. The molecule has 0 radical (unpaired) electrons. The molecule has 25 heavy (non-hydrogen) atoms. The molecule has 3 rings (SSSR count). The van der Waals surface area contributed by atoms with Crippen LogP contribution in [0.2, 0.25) is 0 Å². The number of H-pyrrole nitrogens is 1. The molecule has 128 valence electrons. The predicted octanol–water partition coefficient (Wildman–Crippen LogP) is 2.85. The maximum atomic E-state index is 12.5. The van der Waals surface area contributed by atoms with Crippen molar-refractivity contribution in [2.45, 2.75) is 18.7 Å². The quantitative estimate of drug-likeness (QED) is 0.753. The maximum absolute atomic E-state index is 12.5. The maximum Gasteiger partial charge on any atom is 0.261 e. The first-order valence-electron chi connectivity index (χ1n) is 7.61. The molecule has 0 amide bonds.